The number of carbonyl (C=O) groups is 1. The van der Waals surface area contributed by atoms with Gasteiger partial charge in [0.25, 0.3) is 0 Å². The predicted octanol–water partition coefficient (Wildman–Crippen LogP) is 1.77. The Kier molecular flexibility index (Phi) is 4.17. The number of aryl methyl sites for hydroxylation is 2. The highest BCUT2D eigenvalue weighted by molar-refractivity contribution is 8.00. The molecule has 0 fully saturated rings. The maximum Gasteiger partial charge on any atom is 0.247 e. The van der Waals surface area contributed by atoms with Gasteiger partial charge in [0.1, 0.15) is 0 Å². The lowest BCUT2D eigenvalue weighted by Gasteiger charge is -2.11. The molecule has 0 aliphatic carbocycles. The standard InChI is InChI=1S/C11H16N2OS/c1-7-4-5-8(2)10(6-7)15-9(3)11(14)13-12/h4-6,9H,12H2,1-3H3,(H,13,14). The third kappa shape index (κ3) is 3.25. The van der Waals surface area contributed by atoms with Gasteiger partial charge in [-0.3, -0.25) is 10.2 Å². The summed E-state index contributed by atoms with van der Waals surface area (Å²) in [5.74, 6) is 4.93. The first-order valence-electron chi connectivity index (χ1n) is 4.79. The number of thioether (sulfide) groups is 1. The minimum atomic E-state index is -0.171. The second kappa shape index (κ2) is 5.19. The third-order valence-electron chi connectivity index (χ3n) is 2.16. The van der Waals surface area contributed by atoms with Gasteiger partial charge in [-0.25, -0.2) is 5.84 Å². The van der Waals surface area contributed by atoms with Crippen LogP contribution in [0.5, 0.6) is 0 Å². The van der Waals surface area contributed by atoms with Crippen molar-refractivity contribution in [2.24, 2.45) is 5.84 Å². The fourth-order valence-corrected chi connectivity index (χ4v) is 2.26. The fourth-order valence-electron chi connectivity index (χ4n) is 1.20. The molecule has 1 amide bonds. The van der Waals surface area contributed by atoms with Crippen LogP contribution in [0, 0.1) is 13.8 Å². The van der Waals surface area contributed by atoms with E-state index in [0.29, 0.717) is 0 Å². The number of benzene rings is 1. The number of rotatable bonds is 3. The Hall–Kier alpha value is -1.00. The van der Waals surface area contributed by atoms with Crippen molar-refractivity contribution in [2.75, 3.05) is 0 Å². The number of hydrogen-bond acceptors (Lipinski definition) is 3. The summed E-state index contributed by atoms with van der Waals surface area (Å²) in [5, 5.41) is -0.171. The maximum absolute atomic E-state index is 11.3. The monoisotopic (exact) mass is 224 g/mol. The van der Waals surface area contributed by atoms with Crippen molar-refractivity contribution in [3.63, 3.8) is 0 Å². The summed E-state index contributed by atoms with van der Waals surface area (Å²) in [7, 11) is 0. The molecular formula is C11H16N2OS. The Morgan fingerprint density at radius 2 is 2.13 bits per heavy atom. The van der Waals surface area contributed by atoms with Gasteiger partial charge in [0.15, 0.2) is 0 Å². The van der Waals surface area contributed by atoms with E-state index >= 15 is 0 Å². The number of nitrogens with two attached hydrogens (primary N) is 1. The summed E-state index contributed by atoms with van der Waals surface area (Å²) < 4.78 is 0. The number of amides is 1. The maximum atomic E-state index is 11.3. The van der Waals surface area contributed by atoms with Gasteiger partial charge in [-0.1, -0.05) is 17.7 Å². The Morgan fingerprint density at radius 1 is 1.47 bits per heavy atom. The highest BCUT2D eigenvalue weighted by Crippen LogP contribution is 2.27. The Labute approximate surface area is 94.4 Å². The van der Waals surface area contributed by atoms with Gasteiger partial charge in [-0.05, 0) is 32.4 Å². The summed E-state index contributed by atoms with van der Waals surface area (Å²) in [6, 6.07) is 6.21. The zero-order valence-electron chi connectivity index (χ0n) is 9.20. The Bertz CT molecular complexity index is 366. The fraction of sp³-hybridized carbons (Fsp3) is 0.364. The van der Waals surface area contributed by atoms with Crippen LogP contribution in [0.3, 0.4) is 0 Å². The molecule has 1 unspecified atom stereocenters. The summed E-state index contributed by atoms with van der Waals surface area (Å²) in [6.45, 7) is 5.92. The van der Waals surface area contributed by atoms with Crippen LogP contribution >= 0.6 is 11.8 Å². The van der Waals surface area contributed by atoms with Crippen molar-refractivity contribution in [3.05, 3.63) is 29.3 Å². The van der Waals surface area contributed by atoms with Crippen LogP contribution in [0.2, 0.25) is 0 Å². The average molecular weight is 224 g/mol. The molecule has 3 N–H and O–H groups in total. The van der Waals surface area contributed by atoms with Crippen LogP contribution < -0.4 is 11.3 Å². The van der Waals surface area contributed by atoms with Gasteiger partial charge < -0.3 is 0 Å². The molecule has 0 aliphatic heterocycles. The first kappa shape index (κ1) is 12.1. The van der Waals surface area contributed by atoms with Crippen molar-refractivity contribution >= 4 is 17.7 Å². The first-order chi connectivity index (χ1) is 7.04. The molecule has 0 radical (unpaired) electrons. The molecule has 1 aromatic rings. The van der Waals surface area contributed by atoms with E-state index in [-0.39, 0.29) is 11.2 Å². The topological polar surface area (TPSA) is 55.1 Å². The van der Waals surface area contributed by atoms with Crippen LogP contribution in [0.15, 0.2) is 23.1 Å². The second-order valence-electron chi connectivity index (χ2n) is 3.54. The molecule has 0 bridgehead atoms. The van der Waals surface area contributed by atoms with Gasteiger partial charge in [0.05, 0.1) is 5.25 Å². The first-order valence-corrected chi connectivity index (χ1v) is 5.67. The molecule has 1 atom stereocenters. The number of hydrazine groups is 1. The molecule has 82 valence electrons. The predicted molar refractivity (Wildman–Crippen MR) is 63.6 cm³/mol. The minimum absolute atomic E-state index is 0.152. The molecule has 4 heteroatoms. The van der Waals surface area contributed by atoms with E-state index in [1.54, 1.807) is 0 Å². The smallest absolute Gasteiger partial charge is 0.247 e. The van der Waals surface area contributed by atoms with E-state index in [1.165, 1.54) is 22.9 Å². The van der Waals surface area contributed by atoms with E-state index in [9.17, 15) is 4.79 Å². The van der Waals surface area contributed by atoms with Crippen LogP contribution in [-0.2, 0) is 4.79 Å². The zero-order valence-corrected chi connectivity index (χ0v) is 10.0. The highest BCUT2D eigenvalue weighted by atomic mass is 32.2. The number of hydrogen-bond donors (Lipinski definition) is 2. The van der Waals surface area contributed by atoms with E-state index < -0.39 is 0 Å². The Morgan fingerprint density at radius 3 is 2.73 bits per heavy atom. The summed E-state index contributed by atoms with van der Waals surface area (Å²) in [4.78, 5) is 12.4. The van der Waals surface area contributed by atoms with Crippen molar-refractivity contribution in [1.82, 2.24) is 5.43 Å². The third-order valence-corrected chi connectivity index (χ3v) is 3.42. The number of carbonyl (C=O) groups excluding carboxylic acids is 1. The lowest BCUT2D eigenvalue weighted by Crippen LogP contribution is -2.36. The van der Waals surface area contributed by atoms with Gasteiger partial charge in [-0.15, -0.1) is 11.8 Å². The van der Waals surface area contributed by atoms with Crippen LogP contribution in [0.1, 0.15) is 18.1 Å². The van der Waals surface area contributed by atoms with Crippen LogP contribution in [-0.4, -0.2) is 11.2 Å². The molecule has 15 heavy (non-hydrogen) atoms. The quantitative estimate of drug-likeness (QED) is 0.356. The number of nitrogens with one attached hydrogen (secondary N) is 1. The summed E-state index contributed by atoms with van der Waals surface area (Å²) in [5.41, 5.74) is 4.54. The van der Waals surface area contributed by atoms with Crippen molar-refractivity contribution < 1.29 is 4.79 Å². The molecular weight excluding hydrogens is 208 g/mol. The van der Waals surface area contributed by atoms with E-state index in [1.807, 2.05) is 20.8 Å². The van der Waals surface area contributed by atoms with Gasteiger partial charge in [0.2, 0.25) is 5.91 Å². The lowest BCUT2D eigenvalue weighted by molar-refractivity contribution is -0.120. The lowest BCUT2D eigenvalue weighted by atomic mass is 10.2. The summed E-state index contributed by atoms with van der Waals surface area (Å²) in [6.07, 6.45) is 0. The van der Waals surface area contributed by atoms with Crippen molar-refractivity contribution in [1.29, 1.82) is 0 Å². The molecule has 1 rings (SSSR count). The Balaban J connectivity index is 2.80. The molecule has 3 nitrogen and oxygen atoms in total. The highest BCUT2D eigenvalue weighted by Gasteiger charge is 2.13. The van der Waals surface area contributed by atoms with Crippen LogP contribution in [0.25, 0.3) is 0 Å². The molecule has 0 spiro atoms. The second-order valence-corrected chi connectivity index (χ2v) is 4.92. The van der Waals surface area contributed by atoms with E-state index in [2.05, 4.69) is 23.6 Å². The molecule has 1 aromatic carbocycles. The minimum Gasteiger partial charge on any atom is -0.293 e. The van der Waals surface area contributed by atoms with Gasteiger partial charge >= 0.3 is 0 Å². The van der Waals surface area contributed by atoms with Gasteiger partial charge in [-0.2, -0.15) is 0 Å². The average Bonchev–Trinajstić information content (AvgIpc) is 2.22. The summed E-state index contributed by atoms with van der Waals surface area (Å²) >= 11 is 1.52. The molecule has 0 saturated carbocycles. The van der Waals surface area contributed by atoms with E-state index in [4.69, 9.17) is 5.84 Å². The normalized spacial score (nSPS) is 12.3. The largest absolute Gasteiger partial charge is 0.293 e. The molecule has 0 saturated heterocycles. The molecule has 0 heterocycles. The SMILES string of the molecule is Cc1ccc(C)c(SC(C)C(=O)NN)c1. The molecule has 0 aromatic heterocycles. The van der Waals surface area contributed by atoms with Crippen molar-refractivity contribution in [2.45, 2.75) is 30.9 Å². The van der Waals surface area contributed by atoms with E-state index in [0.717, 1.165) is 4.90 Å². The van der Waals surface area contributed by atoms with Crippen molar-refractivity contribution in [3.8, 4) is 0 Å². The molecule has 0 aliphatic rings. The van der Waals surface area contributed by atoms with Crippen LogP contribution in [0.4, 0.5) is 0 Å². The zero-order chi connectivity index (χ0) is 11.4. The van der Waals surface area contributed by atoms with Gasteiger partial charge in [0, 0.05) is 4.90 Å².